The molecule has 170 valence electrons. The zero-order chi connectivity index (χ0) is 23.4. The molecule has 0 aromatic heterocycles. The highest BCUT2D eigenvalue weighted by atomic mass is 19.1. The lowest BCUT2D eigenvalue weighted by molar-refractivity contribution is -0.142. The molecule has 7 heteroatoms. The highest BCUT2D eigenvalue weighted by molar-refractivity contribution is 5.99. The number of halogens is 2. The first-order valence-corrected chi connectivity index (χ1v) is 10.8. The SMILES string of the molecule is O=C(Nc1ccc(-c2ccc(C[C@@H]3CCC[C@H]3C(=O)O)cc2)cc1)Nc1ccc(F)cc1F. The predicted molar refractivity (Wildman–Crippen MR) is 123 cm³/mol. The van der Waals surface area contributed by atoms with Crippen molar-refractivity contribution >= 4 is 23.4 Å². The molecule has 4 rings (SSSR count). The lowest BCUT2D eigenvalue weighted by Gasteiger charge is -2.16. The van der Waals surface area contributed by atoms with Crippen LogP contribution in [0.1, 0.15) is 24.8 Å². The predicted octanol–water partition coefficient (Wildman–Crippen LogP) is 6.32. The van der Waals surface area contributed by atoms with Crippen molar-refractivity contribution in [3.8, 4) is 11.1 Å². The largest absolute Gasteiger partial charge is 0.481 e. The molecule has 2 atom stereocenters. The van der Waals surface area contributed by atoms with Gasteiger partial charge in [0.2, 0.25) is 0 Å². The third-order valence-corrected chi connectivity index (χ3v) is 6.08. The zero-order valence-electron chi connectivity index (χ0n) is 17.9. The van der Waals surface area contributed by atoms with E-state index in [-0.39, 0.29) is 17.5 Å². The van der Waals surface area contributed by atoms with Gasteiger partial charge in [0.25, 0.3) is 0 Å². The number of rotatable bonds is 6. The monoisotopic (exact) mass is 450 g/mol. The van der Waals surface area contributed by atoms with Gasteiger partial charge < -0.3 is 15.7 Å². The number of aliphatic carboxylic acids is 1. The normalized spacial score (nSPS) is 17.5. The van der Waals surface area contributed by atoms with Gasteiger partial charge >= 0.3 is 12.0 Å². The average molecular weight is 450 g/mol. The smallest absolute Gasteiger partial charge is 0.323 e. The summed E-state index contributed by atoms with van der Waals surface area (Å²) in [6.45, 7) is 0. The molecular weight excluding hydrogens is 426 g/mol. The van der Waals surface area contributed by atoms with Crippen molar-refractivity contribution in [1.82, 2.24) is 0 Å². The average Bonchev–Trinajstić information content (AvgIpc) is 3.25. The van der Waals surface area contributed by atoms with Crippen molar-refractivity contribution in [3.63, 3.8) is 0 Å². The van der Waals surface area contributed by atoms with Gasteiger partial charge in [-0.1, -0.05) is 42.8 Å². The van der Waals surface area contributed by atoms with Gasteiger partial charge in [0.1, 0.15) is 11.6 Å². The summed E-state index contributed by atoms with van der Waals surface area (Å²) < 4.78 is 26.7. The Labute approximate surface area is 190 Å². The molecule has 0 aliphatic heterocycles. The molecule has 0 bridgehead atoms. The second kappa shape index (κ2) is 9.81. The van der Waals surface area contributed by atoms with Crippen LogP contribution in [0.4, 0.5) is 25.0 Å². The van der Waals surface area contributed by atoms with Crippen LogP contribution < -0.4 is 10.6 Å². The van der Waals surface area contributed by atoms with E-state index in [4.69, 9.17) is 0 Å². The van der Waals surface area contributed by atoms with Gasteiger partial charge in [-0.15, -0.1) is 0 Å². The van der Waals surface area contributed by atoms with Crippen LogP contribution in [0.2, 0.25) is 0 Å². The minimum atomic E-state index is -0.852. The van der Waals surface area contributed by atoms with Crippen molar-refractivity contribution in [1.29, 1.82) is 0 Å². The standard InChI is InChI=1S/C26H24F2N2O3/c27-20-10-13-24(23(28)15-20)30-26(33)29-21-11-8-18(9-12-21)17-6-4-16(5-7-17)14-19-2-1-3-22(19)25(31)32/h4-13,15,19,22H,1-3,14H2,(H,31,32)(H2,29,30,33)/t19-,22+/m0/s1. The molecule has 3 N–H and O–H groups in total. The van der Waals surface area contributed by atoms with Crippen molar-refractivity contribution in [2.24, 2.45) is 11.8 Å². The molecule has 1 aliphatic rings. The summed E-state index contributed by atoms with van der Waals surface area (Å²) in [5, 5.41) is 14.3. The topological polar surface area (TPSA) is 78.4 Å². The summed E-state index contributed by atoms with van der Waals surface area (Å²) in [5.41, 5.74) is 3.50. The summed E-state index contributed by atoms with van der Waals surface area (Å²) >= 11 is 0. The van der Waals surface area contributed by atoms with Crippen LogP contribution in [-0.4, -0.2) is 17.1 Å². The van der Waals surface area contributed by atoms with Crippen LogP contribution in [0, 0.1) is 23.5 Å². The fraction of sp³-hybridized carbons (Fsp3) is 0.231. The first kappa shape index (κ1) is 22.5. The maximum absolute atomic E-state index is 13.7. The summed E-state index contributed by atoms with van der Waals surface area (Å²) in [7, 11) is 0. The summed E-state index contributed by atoms with van der Waals surface area (Å²) in [6, 6.07) is 17.6. The molecule has 0 heterocycles. The number of benzene rings is 3. The van der Waals surface area contributed by atoms with Gasteiger partial charge in [0.15, 0.2) is 0 Å². The fourth-order valence-corrected chi connectivity index (χ4v) is 4.36. The van der Waals surface area contributed by atoms with E-state index in [0.29, 0.717) is 11.8 Å². The van der Waals surface area contributed by atoms with E-state index in [0.717, 1.165) is 54.5 Å². The van der Waals surface area contributed by atoms with Crippen LogP contribution >= 0.6 is 0 Å². The second-order valence-electron chi connectivity index (χ2n) is 8.32. The Morgan fingerprint density at radius 2 is 1.55 bits per heavy atom. The number of anilines is 2. The van der Waals surface area contributed by atoms with Gasteiger partial charge in [-0.2, -0.15) is 0 Å². The van der Waals surface area contributed by atoms with Crippen LogP contribution in [0.3, 0.4) is 0 Å². The summed E-state index contributed by atoms with van der Waals surface area (Å²) in [6.07, 6.45) is 3.45. The minimum Gasteiger partial charge on any atom is -0.481 e. The Bertz CT molecular complexity index is 1150. The highest BCUT2D eigenvalue weighted by Crippen LogP contribution is 2.34. The lowest BCUT2D eigenvalue weighted by atomic mass is 9.89. The van der Waals surface area contributed by atoms with E-state index in [2.05, 4.69) is 10.6 Å². The van der Waals surface area contributed by atoms with Crippen LogP contribution in [0.15, 0.2) is 66.7 Å². The number of carbonyl (C=O) groups excluding carboxylic acids is 1. The van der Waals surface area contributed by atoms with Crippen LogP contribution in [0.5, 0.6) is 0 Å². The van der Waals surface area contributed by atoms with E-state index < -0.39 is 23.6 Å². The number of hydrogen-bond acceptors (Lipinski definition) is 2. The van der Waals surface area contributed by atoms with Gasteiger partial charge in [-0.25, -0.2) is 13.6 Å². The quantitative estimate of drug-likeness (QED) is 0.411. The molecule has 2 amide bonds. The molecule has 0 saturated heterocycles. The number of carboxylic acids is 1. The number of carboxylic acid groups (broad SMARTS) is 1. The second-order valence-corrected chi connectivity index (χ2v) is 8.32. The van der Waals surface area contributed by atoms with E-state index >= 15 is 0 Å². The van der Waals surface area contributed by atoms with E-state index in [9.17, 15) is 23.5 Å². The Morgan fingerprint density at radius 1 is 0.879 bits per heavy atom. The number of hydrogen-bond donors (Lipinski definition) is 3. The van der Waals surface area contributed by atoms with Gasteiger partial charge in [-0.05, 0) is 66.1 Å². The Hall–Kier alpha value is -3.74. The van der Waals surface area contributed by atoms with Crippen LogP contribution in [-0.2, 0) is 11.2 Å². The number of urea groups is 1. The molecule has 3 aromatic carbocycles. The first-order valence-electron chi connectivity index (χ1n) is 10.8. The van der Waals surface area contributed by atoms with Gasteiger partial charge in [0, 0.05) is 11.8 Å². The highest BCUT2D eigenvalue weighted by Gasteiger charge is 2.32. The zero-order valence-corrected chi connectivity index (χ0v) is 17.9. The third kappa shape index (κ3) is 5.55. The molecule has 1 saturated carbocycles. The Balaban J connectivity index is 1.35. The van der Waals surface area contributed by atoms with E-state index in [1.54, 1.807) is 12.1 Å². The van der Waals surface area contributed by atoms with Crippen LogP contribution in [0.25, 0.3) is 11.1 Å². The molecule has 1 fully saturated rings. The van der Waals surface area contributed by atoms with E-state index in [1.807, 2.05) is 36.4 Å². The van der Waals surface area contributed by atoms with Gasteiger partial charge in [-0.3, -0.25) is 4.79 Å². The molecular formula is C26H24F2N2O3. The number of carbonyl (C=O) groups is 2. The van der Waals surface area contributed by atoms with Crippen molar-refractivity contribution in [2.45, 2.75) is 25.7 Å². The number of amides is 2. The minimum absolute atomic E-state index is 0.113. The third-order valence-electron chi connectivity index (χ3n) is 6.08. The Morgan fingerprint density at radius 3 is 2.18 bits per heavy atom. The molecule has 0 spiro atoms. The maximum Gasteiger partial charge on any atom is 0.323 e. The Kier molecular flexibility index (Phi) is 6.68. The van der Waals surface area contributed by atoms with Crippen molar-refractivity contribution in [2.75, 3.05) is 10.6 Å². The lowest BCUT2D eigenvalue weighted by Crippen LogP contribution is -2.20. The summed E-state index contributed by atoms with van der Waals surface area (Å²) in [5.74, 6) is -2.32. The molecule has 33 heavy (non-hydrogen) atoms. The number of nitrogens with one attached hydrogen (secondary N) is 2. The molecule has 1 aliphatic carbocycles. The summed E-state index contributed by atoms with van der Waals surface area (Å²) in [4.78, 5) is 23.5. The van der Waals surface area contributed by atoms with Crippen molar-refractivity contribution in [3.05, 3.63) is 83.9 Å². The molecule has 0 radical (unpaired) electrons. The van der Waals surface area contributed by atoms with E-state index in [1.165, 1.54) is 0 Å². The molecule has 0 unspecified atom stereocenters. The molecule has 5 nitrogen and oxygen atoms in total. The van der Waals surface area contributed by atoms with Gasteiger partial charge in [0.05, 0.1) is 11.6 Å². The van der Waals surface area contributed by atoms with Crippen molar-refractivity contribution < 1.29 is 23.5 Å². The maximum atomic E-state index is 13.7. The fourth-order valence-electron chi connectivity index (χ4n) is 4.36. The first-order chi connectivity index (χ1) is 15.9. The molecule has 3 aromatic rings.